The van der Waals surface area contributed by atoms with E-state index in [1.165, 1.54) is 0 Å². The van der Waals surface area contributed by atoms with Crippen LogP contribution < -0.4 is 0 Å². The van der Waals surface area contributed by atoms with E-state index in [9.17, 15) is 20.4 Å². The van der Waals surface area contributed by atoms with E-state index in [1.807, 2.05) is 60.7 Å². The maximum atomic E-state index is 13.4. The molecular formula is C34H16N6O2. The molecule has 0 fully saturated rings. The van der Waals surface area contributed by atoms with Crippen LogP contribution in [0.15, 0.2) is 89.9 Å². The van der Waals surface area contributed by atoms with Gasteiger partial charge in [0.2, 0.25) is 0 Å². The lowest BCUT2D eigenvalue weighted by molar-refractivity contribution is 0.101. The third-order valence-electron chi connectivity index (χ3n) is 7.06. The average Bonchev–Trinajstić information content (AvgIpc) is 3.57. The van der Waals surface area contributed by atoms with E-state index < -0.39 is 11.8 Å². The van der Waals surface area contributed by atoms with E-state index in [-0.39, 0.29) is 56.2 Å². The van der Waals surface area contributed by atoms with Gasteiger partial charge in [-0.25, -0.2) is 14.7 Å². The number of nitrogens with zero attached hydrogens (tertiary/aromatic N) is 5. The van der Waals surface area contributed by atoms with Gasteiger partial charge >= 0.3 is 0 Å². The SMILES string of the molecule is [C-]#[N+]c1cc(-c2ccccc2)cc(C#N)c1C1=NC(=O)c2c(-c3c(C#N)cc(-c4ccccc4)cc3[N+]#[C-])[nH]c(O)c21. The van der Waals surface area contributed by atoms with Crippen LogP contribution in [0.5, 0.6) is 5.88 Å². The molecule has 4 aromatic carbocycles. The van der Waals surface area contributed by atoms with Crippen LogP contribution in [0.25, 0.3) is 43.2 Å². The van der Waals surface area contributed by atoms with Crippen molar-refractivity contribution in [1.82, 2.24) is 4.98 Å². The van der Waals surface area contributed by atoms with Gasteiger partial charge in [0.25, 0.3) is 5.91 Å². The second-order valence-corrected chi connectivity index (χ2v) is 9.38. The van der Waals surface area contributed by atoms with Gasteiger partial charge in [-0.1, -0.05) is 60.7 Å². The number of aliphatic imine (C=N–C) groups is 1. The van der Waals surface area contributed by atoms with E-state index in [1.54, 1.807) is 24.3 Å². The van der Waals surface area contributed by atoms with Gasteiger partial charge < -0.3 is 10.1 Å². The molecule has 8 heteroatoms. The second kappa shape index (κ2) is 10.1. The smallest absolute Gasteiger partial charge is 0.280 e. The zero-order valence-corrected chi connectivity index (χ0v) is 21.7. The predicted molar refractivity (Wildman–Crippen MR) is 157 cm³/mol. The van der Waals surface area contributed by atoms with Crippen molar-refractivity contribution in [2.45, 2.75) is 0 Å². The number of hydrogen-bond acceptors (Lipinski definition) is 4. The number of amides is 1. The molecule has 0 saturated heterocycles. The number of benzene rings is 4. The first kappa shape index (κ1) is 25.5. The second-order valence-electron chi connectivity index (χ2n) is 9.38. The summed E-state index contributed by atoms with van der Waals surface area (Å²) < 4.78 is 0. The molecule has 42 heavy (non-hydrogen) atoms. The normalized spacial score (nSPS) is 11.5. The van der Waals surface area contributed by atoms with E-state index in [0.29, 0.717) is 11.1 Å². The summed E-state index contributed by atoms with van der Waals surface area (Å²) in [5, 5.41) is 31.2. The standard InChI is InChI=1S/C34H16N6O2/c1-37-25-15-21(19-9-5-3-6-10-19)13-23(17-35)27(25)31-29-30(34(42)39-31)32(40-33(29)41)28-24(18-36)14-22(16-26(28)38-2)20-11-7-4-8-12-20/h3-16,39,42H. The Morgan fingerprint density at radius 1 is 0.690 bits per heavy atom. The zero-order valence-electron chi connectivity index (χ0n) is 21.7. The molecule has 1 amide bonds. The summed E-state index contributed by atoms with van der Waals surface area (Å²) in [6.07, 6.45) is 0. The maximum absolute atomic E-state index is 13.4. The van der Waals surface area contributed by atoms with Gasteiger partial charge in [-0.05, 0) is 46.5 Å². The molecule has 2 heterocycles. The minimum absolute atomic E-state index is 0.0100. The number of aromatic nitrogens is 1. The van der Waals surface area contributed by atoms with Crippen molar-refractivity contribution >= 4 is 23.0 Å². The molecule has 1 aliphatic heterocycles. The molecule has 6 rings (SSSR count). The summed E-state index contributed by atoms with van der Waals surface area (Å²) in [5.74, 6) is -1.16. The maximum Gasteiger partial charge on any atom is 0.280 e. The van der Waals surface area contributed by atoms with E-state index >= 15 is 0 Å². The van der Waals surface area contributed by atoms with Gasteiger partial charge in [-0.2, -0.15) is 10.5 Å². The Bertz CT molecular complexity index is 2080. The fraction of sp³-hybridized carbons (Fsp3) is 0. The molecule has 2 N–H and O–H groups in total. The van der Waals surface area contributed by atoms with E-state index in [4.69, 9.17) is 13.1 Å². The third kappa shape index (κ3) is 3.98. The van der Waals surface area contributed by atoms with Crippen molar-refractivity contribution in [2.75, 3.05) is 0 Å². The van der Waals surface area contributed by atoms with Crippen molar-refractivity contribution in [1.29, 1.82) is 10.5 Å². The highest BCUT2D eigenvalue weighted by atomic mass is 16.3. The quantitative estimate of drug-likeness (QED) is 0.228. The number of H-pyrrole nitrogens is 1. The minimum Gasteiger partial charge on any atom is -0.494 e. The van der Waals surface area contributed by atoms with Gasteiger partial charge in [0, 0.05) is 11.1 Å². The molecule has 1 aromatic heterocycles. The Hall–Kier alpha value is -6.74. The number of carbonyl (C=O) groups is 1. The molecule has 0 unspecified atom stereocenters. The number of nitrogens with one attached hydrogen (secondary N) is 1. The van der Waals surface area contributed by atoms with Crippen molar-refractivity contribution in [3.8, 4) is 51.5 Å². The Morgan fingerprint density at radius 2 is 1.19 bits per heavy atom. The van der Waals surface area contributed by atoms with Crippen LogP contribution in [0.1, 0.15) is 32.6 Å². The number of aromatic amines is 1. The first-order valence-corrected chi connectivity index (χ1v) is 12.6. The van der Waals surface area contributed by atoms with Crippen LogP contribution in [-0.4, -0.2) is 21.7 Å². The lowest BCUT2D eigenvalue weighted by Crippen LogP contribution is -2.04. The van der Waals surface area contributed by atoms with Crippen LogP contribution in [0.4, 0.5) is 11.4 Å². The Labute approximate surface area is 240 Å². The Balaban J connectivity index is 1.55. The monoisotopic (exact) mass is 540 g/mol. The Morgan fingerprint density at radius 3 is 1.69 bits per heavy atom. The van der Waals surface area contributed by atoms with Crippen molar-refractivity contribution < 1.29 is 9.90 Å². The number of hydrogen-bond donors (Lipinski definition) is 2. The summed E-state index contributed by atoms with van der Waals surface area (Å²) in [4.78, 5) is 27.6. The van der Waals surface area contributed by atoms with Crippen LogP contribution >= 0.6 is 0 Å². The number of fused-ring (bicyclic) bond motifs is 1. The largest absolute Gasteiger partial charge is 0.494 e. The number of nitriles is 2. The fourth-order valence-corrected chi connectivity index (χ4v) is 5.23. The van der Waals surface area contributed by atoms with Crippen LogP contribution in [0.2, 0.25) is 0 Å². The molecule has 194 valence electrons. The highest BCUT2D eigenvalue weighted by Gasteiger charge is 2.36. The highest BCUT2D eigenvalue weighted by Crippen LogP contribution is 2.45. The number of rotatable bonds is 4. The highest BCUT2D eigenvalue weighted by molar-refractivity contribution is 6.32. The first-order chi connectivity index (χ1) is 20.5. The molecule has 0 aliphatic carbocycles. The minimum atomic E-state index is -0.731. The lowest BCUT2D eigenvalue weighted by atomic mass is 9.91. The summed E-state index contributed by atoms with van der Waals surface area (Å²) in [5.41, 5.74) is 3.60. The van der Waals surface area contributed by atoms with Crippen molar-refractivity contribution in [2.24, 2.45) is 4.99 Å². The molecule has 0 bridgehead atoms. The molecular weight excluding hydrogens is 524 g/mol. The summed E-state index contributed by atoms with van der Waals surface area (Å²) in [6.45, 7) is 15.7. The molecule has 1 aliphatic rings. The van der Waals surface area contributed by atoms with Crippen LogP contribution in [0, 0.1) is 35.8 Å². The van der Waals surface area contributed by atoms with Gasteiger partial charge in [0.15, 0.2) is 17.3 Å². The van der Waals surface area contributed by atoms with Crippen LogP contribution in [0.3, 0.4) is 0 Å². The first-order valence-electron chi connectivity index (χ1n) is 12.6. The molecule has 5 aromatic rings. The number of aromatic hydroxyl groups is 1. The molecule has 0 saturated carbocycles. The van der Waals surface area contributed by atoms with Crippen molar-refractivity contribution in [3.05, 3.63) is 136 Å². The van der Waals surface area contributed by atoms with Crippen molar-refractivity contribution in [3.63, 3.8) is 0 Å². The molecule has 0 spiro atoms. The summed E-state index contributed by atoms with van der Waals surface area (Å²) in [6, 6.07) is 29.2. The third-order valence-corrected chi connectivity index (χ3v) is 7.06. The van der Waals surface area contributed by atoms with Gasteiger partial charge in [0.1, 0.15) is 0 Å². The van der Waals surface area contributed by atoms with Gasteiger partial charge in [0.05, 0.1) is 58.9 Å². The fourth-order valence-electron chi connectivity index (χ4n) is 5.23. The topological polar surface area (TPSA) is 122 Å². The van der Waals surface area contributed by atoms with Crippen LogP contribution in [-0.2, 0) is 0 Å². The average molecular weight is 541 g/mol. The van der Waals surface area contributed by atoms with E-state index in [0.717, 1.165) is 11.1 Å². The predicted octanol–water partition coefficient (Wildman–Crippen LogP) is 7.56. The zero-order chi connectivity index (χ0) is 29.4. The van der Waals surface area contributed by atoms with Gasteiger partial charge in [-0.15, -0.1) is 0 Å². The molecule has 0 atom stereocenters. The number of carbonyl (C=O) groups excluding carboxylic acids is 1. The van der Waals surface area contributed by atoms with Gasteiger partial charge in [-0.3, -0.25) is 4.79 Å². The molecule has 8 nitrogen and oxygen atoms in total. The molecule has 0 radical (unpaired) electrons. The lowest BCUT2D eigenvalue weighted by Gasteiger charge is -2.11. The van der Waals surface area contributed by atoms with E-state index in [2.05, 4.69) is 31.8 Å². The summed E-state index contributed by atoms with van der Waals surface area (Å²) >= 11 is 0. The summed E-state index contributed by atoms with van der Waals surface area (Å²) in [7, 11) is 0. The Kier molecular flexibility index (Phi) is 6.14.